The lowest BCUT2D eigenvalue weighted by Gasteiger charge is -2.30. The van der Waals surface area contributed by atoms with Crippen molar-refractivity contribution in [1.29, 1.82) is 0 Å². The number of nitrogens with zero attached hydrogens (tertiary/aromatic N) is 2. The minimum absolute atomic E-state index is 0.281. The van der Waals surface area contributed by atoms with Crippen molar-refractivity contribution in [2.45, 2.75) is 32.4 Å². The quantitative estimate of drug-likeness (QED) is 0.897. The van der Waals surface area contributed by atoms with Crippen molar-refractivity contribution < 1.29 is 5.11 Å². The summed E-state index contributed by atoms with van der Waals surface area (Å²) in [6, 6.07) is 9.28. The topological polar surface area (TPSA) is 26.7 Å². The van der Waals surface area contributed by atoms with Gasteiger partial charge < -0.3 is 10.0 Å². The second kappa shape index (κ2) is 7.04. The Balaban J connectivity index is 2.04. The Hall–Kier alpha value is -0.900. The summed E-state index contributed by atoms with van der Waals surface area (Å²) < 4.78 is 0. The van der Waals surface area contributed by atoms with Crippen molar-refractivity contribution in [2.75, 3.05) is 33.3 Å². The third kappa shape index (κ3) is 4.30. The molecule has 3 heteroatoms. The number of likely N-dealkylation sites (N-methyl/N-ethyl adjacent to an activating group) is 1. The van der Waals surface area contributed by atoms with Gasteiger partial charge in [-0.1, -0.05) is 29.8 Å². The van der Waals surface area contributed by atoms with Gasteiger partial charge in [0.05, 0.1) is 0 Å². The standard InChI is InChI=1S/C16H26N2O/c1-14-4-6-15(7-5-14)12-18-10-3-9-17(2)13-16(18)8-11-19/h4-7,16,19H,3,8-13H2,1-2H3. The maximum atomic E-state index is 9.27. The molecule has 0 aliphatic carbocycles. The van der Waals surface area contributed by atoms with E-state index in [0.29, 0.717) is 6.04 Å². The van der Waals surface area contributed by atoms with Crippen LogP contribution in [-0.2, 0) is 6.54 Å². The molecule has 1 unspecified atom stereocenters. The van der Waals surface area contributed by atoms with Gasteiger partial charge in [0.2, 0.25) is 0 Å². The average Bonchev–Trinajstić information content (AvgIpc) is 2.55. The summed E-state index contributed by atoms with van der Waals surface area (Å²) in [4.78, 5) is 4.92. The third-order valence-electron chi connectivity index (χ3n) is 3.99. The van der Waals surface area contributed by atoms with Crippen LogP contribution in [0, 0.1) is 6.92 Å². The van der Waals surface area contributed by atoms with Gasteiger partial charge in [-0.2, -0.15) is 0 Å². The van der Waals surface area contributed by atoms with E-state index in [1.165, 1.54) is 17.5 Å². The molecule has 1 heterocycles. The summed E-state index contributed by atoms with van der Waals surface area (Å²) in [5, 5.41) is 9.27. The second-order valence-electron chi connectivity index (χ2n) is 5.74. The molecular formula is C16H26N2O. The molecule has 106 valence electrons. The fraction of sp³-hybridized carbons (Fsp3) is 0.625. The average molecular weight is 262 g/mol. The minimum Gasteiger partial charge on any atom is -0.396 e. The highest BCUT2D eigenvalue weighted by Crippen LogP contribution is 2.16. The SMILES string of the molecule is Cc1ccc(CN2CCCN(C)CC2CCO)cc1. The summed E-state index contributed by atoms with van der Waals surface area (Å²) in [6.45, 7) is 6.75. The predicted molar refractivity (Wildman–Crippen MR) is 79.2 cm³/mol. The molecule has 0 radical (unpaired) electrons. The summed E-state index contributed by atoms with van der Waals surface area (Å²) >= 11 is 0. The van der Waals surface area contributed by atoms with E-state index in [1.54, 1.807) is 0 Å². The molecule has 0 amide bonds. The largest absolute Gasteiger partial charge is 0.396 e. The predicted octanol–water partition coefficient (Wildman–Crippen LogP) is 1.88. The lowest BCUT2D eigenvalue weighted by atomic mass is 10.1. The lowest BCUT2D eigenvalue weighted by Crippen LogP contribution is -2.40. The molecule has 1 aliphatic rings. The van der Waals surface area contributed by atoms with Crippen molar-refractivity contribution in [2.24, 2.45) is 0 Å². The van der Waals surface area contributed by atoms with Crippen LogP contribution in [0.5, 0.6) is 0 Å². The van der Waals surface area contributed by atoms with Crippen molar-refractivity contribution >= 4 is 0 Å². The molecule has 1 aromatic carbocycles. The van der Waals surface area contributed by atoms with Gasteiger partial charge in [-0.05, 0) is 38.9 Å². The highest BCUT2D eigenvalue weighted by Gasteiger charge is 2.22. The Bertz CT molecular complexity index is 377. The molecule has 1 aromatic rings. The molecule has 0 spiro atoms. The van der Waals surface area contributed by atoms with Gasteiger partial charge in [0, 0.05) is 32.3 Å². The molecule has 19 heavy (non-hydrogen) atoms. The van der Waals surface area contributed by atoms with Gasteiger partial charge in [-0.25, -0.2) is 0 Å². The first-order chi connectivity index (χ1) is 9.19. The summed E-state index contributed by atoms with van der Waals surface area (Å²) in [7, 11) is 2.18. The zero-order valence-corrected chi connectivity index (χ0v) is 12.2. The molecule has 2 rings (SSSR count). The molecule has 1 fully saturated rings. The van der Waals surface area contributed by atoms with Crippen molar-refractivity contribution in [3.8, 4) is 0 Å². The Morgan fingerprint density at radius 2 is 1.95 bits per heavy atom. The molecule has 0 bridgehead atoms. The van der Waals surface area contributed by atoms with E-state index in [1.807, 2.05) is 0 Å². The summed E-state index contributed by atoms with van der Waals surface area (Å²) in [5.74, 6) is 0. The van der Waals surface area contributed by atoms with Gasteiger partial charge in [0.15, 0.2) is 0 Å². The van der Waals surface area contributed by atoms with Crippen LogP contribution in [0.4, 0.5) is 0 Å². The molecule has 1 saturated heterocycles. The molecule has 0 saturated carbocycles. The van der Waals surface area contributed by atoms with Crippen molar-refractivity contribution in [3.05, 3.63) is 35.4 Å². The van der Waals surface area contributed by atoms with Gasteiger partial charge >= 0.3 is 0 Å². The molecule has 0 aromatic heterocycles. The number of benzene rings is 1. The van der Waals surface area contributed by atoms with Gasteiger partial charge in [-0.3, -0.25) is 4.90 Å². The summed E-state index contributed by atoms with van der Waals surface area (Å²) in [5.41, 5.74) is 2.68. The highest BCUT2D eigenvalue weighted by molar-refractivity contribution is 5.21. The van der Waals surface area contributed by atoms with Crippen LogP contribution in [0.1, 0.15) is 24.0 Å². The lowest BCUT2D eigenvalue weighted by molar-refractivity contribution is 0.144. The van der Waals surface area contributed by atoms with E-state index in [4.69, 9.17) is 0 Å². The molecule has 1 aliphatic heterocycles. The Kier molecular flexibility index (Phi) is 5.37. The first-order valence-corrected chi connectivity index (χ1v) is 7.28. The fourth-order valence-corrected chi connectivity index (χ4v) is 2.85. The smallest absolute Gasteiger partial charge is 0.0446 e. The first kappa shape index (κ1) is 14.5. The maximum absolute atomic E-state index is 9.27. The van der Waals surface area contributed by atoms with Gasteiger partial charge in [0.1, 0.15) is 0 Å². The minimum atomic E-state index is 0.281. The number of hydrogen-bond acceptors (Lipinski definition) is 3. The van der Waals surface area contributed by atoms with Crippen LogP contribution in [0.2, 0.25) is 0 Å². The van der Waals surface area contributed by atoms with Crippen molar-refractivity contribution in [3.63, 3.8) is 0 Å². The number of rotatable bonds is 4. The number of hydrogen-bond donors (Lipinski definition) is 1. The zero-order chi connectivity index (χ0) is 13.7. The van der Waals surface area contributed by atoms with Crippen LogP contribution in [0.15, 0.2) is 24.3 Å². The van der Waals surface area contributed by atoms with Gasteiger partial charge in [-0.15, -0.1) is 0 Å². The Morgan fingerprint density at radius 3 is 2.63 bits per heavy atom. The van der Waals surface area contributed by atoms with Gasteiger partial charge in [0.25, 0.3) is 0 Å². The number of aliphatic hydroxyl groups excluding tert-OH is 1. The summed E-state index contributed by atoms with van der Waals surface area (Å²) in [6.07, 6.45) is 2.08. The molecular weight excluding hydrogens is 236 g/mol. The van der Waals surface area contributed by atoms with E-state index >= 15 is 0 Å². The Labute approximate surface area is 116 Å². The molecule has 1 N–H and O–H groups in total. The monoisotopic (exact) mass is 262 g/mol. The van der Waals surface area contributed by atoms with Crippen LogP contribution in [0.25, 0.3) is 0 Å². The zero-order valence-electron chi connectivity index (χ0n) is 12.2. The molecule has 3 nitrogen and oxygen atoms in total. The van der Waals surface area contributed by atoms with E-state index in [-0.39, 0.29) is 6.61 Å². The van der Waals surface area contributed by atoms with E-state index < -0.39 is 0 Å². The van der Waals surface area contributed by atoms with Crippen LogP contribution in [-0.4, -0.2) is 54.2 Å². The van der Waals surface area contributed by atoms with Crippen LogP contribution < -0.4 is 0 Å². The van der Waals surface area contributed by atoms with E-state index in [9.17, 15) is 5.11 Å². The van der Waals surface area contributed by atoms with Crippen LogP contribution >= 0.6 is 0 Å². The normalized spacial score (nSPS) is 22.4. The number of aryl methyl sites for hydroxylation is 1. The maximum Gasteiger partial charge on any atom is 0.0446 e. The fourth-order valence-electron chi connectivity index (χ4n) is 2.85. The molecule has 1 atom stereocenters. The highest BCUT2D eigenvalue weighted by atomic mass is 16.3. The van der Waals surface area contributed by atoms with Crippen LogP contribution in [0.3, 0.4) is 0 Å². The number of aliphatic hydroxyl groups is 1. The first-order valence-electron chi connectivity index (χ1n) is 7.28. The Morgan fingerprint density at radius 1 is 1.21 bits per heavy atom. The van der Waals surface area contributed by atoms with Crippen molar-refractivity contribution in [1.82, 2.24) is 9.80 Å². The third-order valence-corrected chi connectivity index (χ3v) is 3.99. The van der Waals surface area contributed by atoms with E-state index in [0.717, 1.165) is 32.6 Å². The second-order valence-corrected chi connectivity index (χ2v) is 5.74. The van der Waals surface area contributed by atoms with E-state index in [2.05, 4.69) is 48.0 Å².